The van der Waals surface area contributed by atoms with Gasteiger partial charge in [0.2, 0.25) is 0 Å². The van der Waals surface area contributed by atoms with Crippen molar-refractivity contribution in [2.24, 2.45) is 9.98 Å². The molecule has 2 unspecified atom stereocenters. The second-order valence-corrected chi connectivity index (χ2v) is 7.88. The average Bonchev–Trinajstić information content (AvgIpc) is 2.81. The molecule has 0 aliphatic carbocycles. The van der Waals surface area contributed by atoms with Gasteiger partial charge in [0.05, 0.1) is 17.2 Å². The second-order valence-electron chi connectivity index (χ2n) is 7.88. The van der Waals surface area contributed by atoms with Crippen LogP contribution >= 0.6 is 0 Å². The Morgan fingerprint density at radius 2 is 2.00 bits per heavy atom. The lowest BCUT2D eigenvalue weighted by atomic mass is 9.95. The number of aromatic nitrogens is 2. The molecule has 2 aromatic rings. The number of allylic oxidation sites excluding steroid dienone is 1. The molecular formula is C24H26F3N5O2. The maximum absolute atomic E-state index is 13.6. The predicted molar refractivity (Wildman–Crippen MR) is 123 cm³/mol. The molecule has 1 aromatic heterocycles. The molecule has 1 aromatic carbocycles. The van der Waals surface area contributed by atoms with Crippen LogP contribution in [0.15, 0.2) is 52.9 Å². The van der Waals surface area contributed by atoms with Gasteiger partial charge in [0.15, 0.2) is 5.84 Å². The van der Waals surface area contributed by atoms with Gasteiger partial charge in [0, 0.05) is 30.7 Å². The van der Waals surface area contributed by atoms with E-state index in [4.69, 9.17) is 4.74 Å². The number of amidine groups is 1. The summed E-state index contributed by atoms with van der Waals surface area (Å²) in [5.74, 6) is 0.125. The number of ether oxygens (including phenoxy) is 1. The van der Waals surface area contributed by atoms with Gasteiger partial charge in [-0.3, -0.25) is 4.79 Å². The van der Waals surface area contributed by atoms with Crippen LogP contribution in [-0.4, -0.2) is 52.0 Å². The van der Waals surface area contributed by atoms with Crippen molar-refractivity contribution in [1.82, 2.24) is 14.9 Å². The highest BCUT2D eigenvalue weighted by Gasteiger charge is 2.35. The molecule has 2 atom stereocenters. The molecule has 0 bridgehead atoms. The maximum Gasteiger partial charge on any atom is 0.419 e. The number of alkyl halides is 3. The lowest BCUT2D eigenvalue weighted by molar-refractivity contribution is -0.138. The number of carbonyl (C=O) groups excluding carboxylic acids is 1. The fraction of sp³-hybridized carbons (Fsp3) is 0.375. The topological polar surface area (TPSA) is 80.0 Å². The Labute approximate surface area is 196 Å². The first-order chi connectivity index (χ1) is 16.2. The average molecular weight is 473 g/mol. The van der Waals surface area contributed by atoms with Crippen LogP contribution in [0, 0.1) is 6.92 Å². The first-order valence-electron chi connectivity index (χ1n) is 10.8. The lowest BCUT2D eigenvalue weighted by Gasteiger charge is -2.39. The Balaban J connectivity index is 1.85. The fourth-order valence-electron chi connectivity index (χ4n) is 3.84. The van der Waals surface area contributed by atoms with Gasteiger partial charge in [-0.25, -0.2) is 20.0 Å². The summed E-state index contributed by atoms with van der Waals surface area (Å²) in [5.41, 5.74) is 0.916. The lowest BCUT2D eigenvalue weighted by Crippen LogP contribution is -2.51. The largest absolute Gasteiger partial charge is 0.458 e. The van der Waals surface area contributed by atoms with Crippen molar-refractivity contribution in [1.29, 1.82) is 0 Å². The van der Waals surface area contributed by atoms with Crippen LogP contribution in [0.5, 0.6) is 6.01 Å². The Bertz CT molecular complexity index is 1100. The molecule has 1 aliphatic heterocycles. The van der Waals surface area contributed by atoms with Crippen LogP contribution in [0.3, 0.4) is 0 Å². The minimum absolute atomic E-state index is 0.160. The number of hydrogen-bond donors (Lipinski definition) is 0. The summed E-state index contributed by atoms with van der Waals surface area (Å²) in [6, 6.07) is 4.86. The van der Waals surface area contributed by atoms with Gasteiger partial charge in [-0.15, -0.1) is 0 Å². The van der Waals surface area contributed by atoms with E-state index < -0.39 is 17.8 Å². The number of halogens is 3. The van der Waals surface area contributed by atoms with E-state index in [1.807, 2.05) is 26.8 Å². The van der Waals surface area contributed by atoms with Crippen LogP contribution in [0.1, 0.15) is 53.7 Å². The number of hydrogen-bond acceptors (Lipinski definition) is 5. The fourth-order valence-corrected chi connectivity index (χ4v) is 3.84. The van der Waals surface area contributed by atoms with Crippen molar-refractivity contribution in [3.05, 3.63) is 65.1 Å². The molecule has 0 spiro atoms. The van der Waals surface area contributed by atoms with Crippen molar-refractivity contribution < 1.29 is 22.7 Å². The minimum atomic E-state index is -4.53. The summed E-state index contributed by atoms with van der Waals surface area (Å²) >= 11 is 0. The molecule has 1 saturated heterocycles. The highest BCUT2D eigenvalue weighted by molar-refractivity contribution is 6.11. The molecule has 7 nitrogen and oxygen atoms in total. The number of rotatable bonds is 5. The SMILES string of the molecule is C=NC(=NC=CC)c1c(C)cccc1C(=O)N1CCCC(Oc2ncc(C(F)(F)F)cn2)C1C. The molecule has 34 heavy (non-hydrogen) atoms. The molecule has 180 valence electrons. The molecule has 1 fully saturated rings. The van der Waals surface area contributed by atoms with Crippen LogP contribution in [0.25, 0.3) is 0 Å². The third kappa shape index (κ3) is 5.49. The summed E-state index contributed by atoms with van der Waals surface area (Å²) in [6.07, 6.45) is 0.972. The van der Waals surface area contributed by atoms with Gasteiger partial charge in [-0.1, -0.05) is 18.2 Å². The van der Waals surface area contributed by atoms with E-state index in [-0.39, 0.29) is 18.0 Å². The van der Waals surface area contributed by atoms with E-state index in [2.05, 4.69) is 26.7 Å². The molecule has 10 heteroatoms. The van der Waals surface area contributed by atoms with Crippen LogP contribution < -0.4 is 4.74 Å². The van der Waals surface area contributed by atoms with Crippen LogP contribution in [0.2, 0.25) is 0 Å². The van der Waals surface area contributed by atoms with Crippen molar-refractivity contribution in [2.75, 3.05) is 6.54 Å². The Morgan fingerprint density at radius 1 is 1.29 bits per heavy atom. The smallest absolute Gasteiger partial charge is 0.419 e. The molecule has 2 heterocycles. The third-order valence-corrected chi connectivity index (χ3v) is 5.61. The number of piperidine rings is 1. The van der Waals surface area contributed by atoms with Gasteiger partial charge < -0.3 is 9.64 Å². The third-order valence-electron chi connectivity index (χ3n) is 5.61. The first kappa shape index (κ1) is 25.1. The monoisotopic (exact) mass is 473 g/mol. The number of nitrogens with zero attached hydrogens (tertiary/aromatic N) is 5. The number of likely N-dealkylation sites (tertiary alicyclic amines) is 1. The Morgan fingerprint density at radius 3 is 2.62 bits per heavy atom. The molecule has 0 N–H and O–H groups in total. The zero-order chi connectivity index (χ0) is 24.9. The van der Waals surface area contributed by atoms with E-state index in [1.165, 1.54) is 0 Å². The summed E-state index contributed by atoms with van der Waals surface area (Å²) in [4.78, 5) is 31.0. The van der Waals surface area contributed by atoms with Crippen molar-refractivity contribution in [2.45, 2.75) is 51.9 Å². The van der Waals surface area contributed by atoms with Crippen molar-refractivity contribution >= 4 is 18.5 Å². The van der Waals surface area contributed by atoms with Gasteiger partial charge in [-0.05, 0) is 52.0 Å². The Kier molecular flexibility index (Phi) is 7.80. The minimum Gasteiger partial charge on any atom is -0.458 e. The number of benzene rings is 1. The molecular weight excluding hydrogens is 447 g/mol. The summed E-state index contributed by atoms with van der Waals surface area (Å²) in [6.45, 7) is 9.63. The van der Waals surface area contributed by atoms with Gasteiger partial charge in [0.25, 0.3) is 5.91 Å². The van der Waals surface area contributed by atoms with E-state index in [0.717, 1.165) is 5.56 Å². The van der Waals surface area contributed by atoms with Crippen LogP contribution in [0.4, 0.5) is 13.2 Å². The highest BCUT2D eigenvalue weighted by atomic mass is 19.4. The number of aryl methyl sites for hydroxylation is 1. The van der Waals surface area contributed by atoms with Gasteiger partial charge in [-0.2, -0.15) is 13.2 Å². The molecule has 0 radical (unpaired) electrons. The summed E-state index contributed by atoms with van der Waals surface area (Å²) in [7, 11) is 0. The molecule has 1 aliphatic rings. The standard InChI is InChI=1S/C24H26F3N5O2/c1-5-11-29-21(28-4)20-15(2)8-6-9-18(20)22(33)32-12-7-10-19(16(32)3)34-23-30-13-17(14-31-23)24(25,26)27/h5-6,8-9,11,13-14,16,19H,4,7,10,12H2,1-3H3. The number of aliphatic imine (C=N–C) groups is 2. The Hall–Kier alpha value is -3.56. The number of carbonyl (C=O) groups is 1. The first-order valence-corrected chi connectivity index (χ1v) is 10.8. The summed E-state index contributed by atoms with van der Waals surface area (Å²) in [5, 5.41) is 0. The van der Waals surface area contributed by atoms with E-state index in [1.54, 1.807) is 29.3 Å². The zero-order valence-electron chi connectivity index (χ0n) is 19.2. The number of amides is 1. The zero-order valence-corrected chi connectivity index (χ0v) is 19.2. The second kappa shape index (κ2) is 10.6. The predicted octanol–water partition coefficient (Wildman–Crippen LogP) is 4.86. The quantitative estimate of drug-likeness (QED) is 0.459. The van der Waals surface area contributed by atoms with E-state index in [9.17, 15) is 18.0 Å². The van der Waals surface area contributed by atoms with Gasteiger partial charge >= 0.3 is 12.2 Å². The van der Waals surface area contributed by atoms with E-state index in [0.29, 0.717) is 48.7 Å². The van der Waals surface area contributed by atoms with E-state index >= 15 is 0 Å². The molecule has 0 saturated carbocycles. The summed E-state index contributed by atoms with van der Waals surface area (Å²) < 4.78 is 44.1. The van der Waals surface area contributed by atoms with Crippen molar-refractivity contribution in [3.8, 4) is 6.01 Å². The van der Waals surface area contributed by atoms with Crippen molar-refractivity contribution in [3.63, 3.8) is 0 Å². The maximum atomic E-state index is 13.6. The normalized spacial score (nSPS) is 19.4. The molecule has 1 amide bonds. The highest BCUT2D eigenvalue weighted by Crippen LogP contribution is 2.29. The van der Waals surface area contributed by atoms with Crippen LogP contribution in [-0.2, 0) is 6.18 Å². The van der Waals surface area contributed by atoms with Gasteiger partial charge in [0.1, 0.15) is 6.10 Å². The molecule has 3 rings (SSSR count).